The summed E-state index contributed by atoms with van der Waals surface area (Å²) in [6.07, 6.45) is 3.37. The van der Waals surface area contributed by atoms with Gasteiger partial charge in [-0.1, -0.05) is 29.8 Å². The van der Waals surface area contributed by atoms with Gasteiger partial charge in [-0.25, -0.2) is 0 Å². The topological polar surface area (TPSA) is 20.3 Å². The zero-order valence-corrected chi connectivity index (χ0v) is 12.3. The molecule has 0 bridgehead atoms. The molecule has 0 aromatic heterocycles. The van der Waals surface area contributed by atoms with Crippen LogP contribution < -0.4 is 4.90 Å². The summed E-state index contributed by atoms with van der Waals surface area (Å²) in [5.74, 6) is -0.00902. The van der Waals surface area contributed by atoms with Gasteiger partial charge in [0.25, 0.3) is 0 Å². The van der Waals surface area contributed by atoms with Crippen molar-refractivity contribution in [1.29, 1.82) is 0 Å². The quantitative estimate of drug-likeness (QED) is 0.616. The van der Waals surface area contributed by atoms with Gasteiger partial charge in [-0.15, -0.1) is 0 Å². The lowest BCUT2D eigenvalue weighted by Gasteiger charge is -2.11. The van der Waals surface area contributed by atoms with Gasteiger partial charge in [-0.3, -0.25) is 4.79 Å². The summed E-state index contributed by atoms with van der Waals surface area (Å²) in [6, 6.07) is 14.9. The Balaban J connectivity index is 2.09. The second-order valence-electron chi connectivity index (χ2n) is 4.69. The normalized spacial score (nSPS) is 10.8. The summed E-state index contributed by atoms with van der Waals surface area (Å²) >= 11 is 5.82. The van der Waals surface area contributed by atoms with Crippen molar-refractivity contribution >= 4 is 29.1 Å². The molecule has 0 heterocycles. The van der Waals surface area contributed by atoms with Crippen LogP contribution in [0.5, 0.6) is 0 Å². The third kappa shape index (κ3) is 3.72. The molecule has 0 aliphatic carbocycles. The summed E-state index contributed by atoms with van der Waals surface area (Å²) in [5.41, 5.74) is 2.71. The van der Waals surface area contributed by atoms with Crippen molar-refractivity contribution in [3.05, 3.63) is 70.8 Å². The summed E-state index contributed by atoms with van der Waals surface area (Å²) in [4.78, 5) is 14.0. The van der Waals surface area contributed by atoms with Crippen molar-refractivity contribution in [3.63, 3.8) is 0 Å². The Morgan fingerprint density at radius 2 is 1.60 bits per heavy atom. The van der Waals surface area contributed by atoms with Crippen LogP contribution in [-0.2, 0) is 0 Å². The average molecular weight is 286 g/mol. The van der Waals surface area contributed by atoms with Crippen LogP contribution >= 0.6 is 11.6 Å². The van der Waals surface area contributed by atoms with Crippen LogP contribution in [0.1, 0.15) is 15.9 Å². The number of ketones is 1. The number of allylic oxidation sites excluding steroid dienone is 1. The Morgan fingerprint density at radius 3 is 2.15 bits per heavy atom. The number of rotatable bonds is 4. The van der Waals surface area contributed by atoms with Gasteiger partial charge >= 0.3 is 0 Å². The van der Waals surface area contributed by atoms with Gasteiger partial charge in [0.05, 0.1) is 0 Å². The molecule has 2 aromatic rings. The van der Waals surface area contributed by atoms with E-state index in [4.69, 9.17) is 11.6 Å². The number of anilines is 1. The van der Waals surface area contributed by atoms with E-state index in [1.54, 1.807) is 24.3 Å². The van der Waals surface area contributed by atoms with Crippen LogP contribution in [0.3, 0.4) is 0 Å². The molecular weight excluding hydrogens is 270 g/mol. The van der Waals surface area contributed by atoms with Crippen molar-refractivity contribution in [1.82, 2.24) is 0 Å². The van der Waals surface area contributed by atoms with E-state index in [1.807, 2.05) is 55.4 Å². The summed E-state index contributed by atoms with van der Waals surface area (Å²) in [6.45, 7) is 0. The maximum Gasteiger partial charge on any atom is 0.185 e. The van der Waals surface area contributed by atoms with Crippen molar-refractivity contribution in [2.45, 2.75) is 0 Å². The minimum Gasteiger partial charge on any atom is -0.378 e. The van der Waals surface area contributed by atoms with Crippen LogP contribution in [0.25, 0.3) is 6.08 Å². The SMILES string of the molecule is CN(C)c1ccc(C(=O)C=Cc2ccc(Cl)cc2)cc1. The molecule has 0 aliphatic rings. The largest absolute Gasteiger partial charge is 0.378 e. The predicted molar refractivity (Wildman–Crippen MR) is 85.6 cm³/mol. The van der Waals surface area contributed by atoms with Gasteiger partial charge in [-0.05, 0) is 48.0 Å². The van der Waals surface area contributed by atoms with Gasteiger partial charge in [-0.2, -0.15) is 0 Å². The lowest BCUT2D eigenvalue weighted by atomic mass is 10.1. The van der Waals surface area contributed by atoms with E-state index in [-0.39, 0.29) is 5.78 Å². The number of nitrogens with zero attached hydrogens (tertiary/aromatic N) is 1. The van der Waals surface area contributed by atoms with E-state index in [9.17, 15) is 4.79 Å². The first-order valence-electron chi connectivity index (χ1n) is 6.31. The van der Waals surface area contributed by atoms with Crippen molar-refractivity contribution in [2.75, 3.05) is 19.0 Å². The van der Waals surface area contributed by atoms with Crippen LogP contribution in [-0.4, -0.2) is 19.9 Å². The van der Waals surface area contributed by atoms with E-state index in [0.717, 1.165) is 11.3 Å². The highest BCUT2D eigenvalue weighted by Gasteiger charge is 2.02. The molecule has 0 atom stereocenters. The van der Waals surface area contributed by atoms with Crippen LogP contribution in [0.15, 0.2) is 54.6 Å². The van der Waals surface area contributed by atoms with Gasteiger partial charge in [0.1, 0.15) is 0 Å². The molecule has 0 N–H and O–H groups in total. The molecule has 0 unspecified atom stereocenters. The third-order valence-corrected chi connectivity index (χ3v) is 3.22. The lowest BCUT2D eigenvalue weighted by Crippen LogP contribution is -2.08. The molecule has 2 aromatic carbocycles. The Kier molecular flexibility index (Phi) is 4.59. The van der Waals surface area contributed by atoms with Gasteiger partial charge in [0.15, 0.2) is 5.78 Å². The number of benzene rings is 2. The minimum atomic E-state index is -0.00902. The molecular formula is C17H16ClNO. The predicted octanol–water partition coefficient (Wildman–Crippen LogP) is 4.30. The molecule has 0 radical (unpaired) electrons. The number of hydrogen-bond acceptors (Lipinski definition) is 2. The zero-order chi connectivity index (χ0) is 14.5. The molecule has 102 valence electrons. The van der Waals surface area contributed by atoms with Crippen molar-refractivity contribution in [3.8, 4) is 0 Å². The van der Waals surface area contributed by atoms with E-state index in [1.165, 1.54) is 0 Å². The fourth-order valence-electron chi connectivity index (χ4n) is 1.77. The first kappa shape index (κ1) is 14.4. The summed E-state index contributed by atoms with van der Waals surface area (Å²) < 4.78 is 0. The lowest BCUT2D eigenvalue weighted by molar-refractivity contribution is 0.104. The molecule has 3 heteroatoms. The van der Waals surface area contributed by atoms with E-state index < -0.39 is 0 Å². The monoisotopic (exact) mass is 285 g/mol. The molecule has 0 spiro atoms. The van der Waals surface area contributed by atoms with Crippen molar-refractivity contribution < 1.29 is 4.79 Å². The molecule has 0 aliphatic heterocycles. The first-order valence-corrected chi connectivity index (χ1v) is 6.69. The fourth-order valence-corrected chi connectivity index (χ4v) is 1.89. The Bertz CT molecular complexity index is 612. The van der Waals surface area contributed by atoms with Crippen molar-refractivity contribution in [2.24, 2.45) is 0 Å². The maximum absolute atomic E-state index is 12.0. The highest BCUT2D eigenvalue weighted by atomic mass is 35.5. The van der Waals surface area contributed by atoms with Gasteiger partial charge in [0, 0.05) is 30.4 Å². The van der Waals surface area contributed by atoms with Crippen LogP contribution in [0.2, 0.25) is 5.02 Å². The zero-order valence-electron chi connectivity index (χ0n) is 11.5. The van der Waals surface area contributed by atoms with Gasteiger partial charge < -0.3 is 4.90 Å². The third-order valence-electron chi connectivity index (χ3n) is 2.97. The average Bonchev–Trinajstić information content (AvgIpc) is 2.46. The maximum atomic E-state index is 12.0. The molecule has 2 nitrogen and oxygen atoms in total. The fraction of sp³-hybridized carbons (Fsp3) is 0.118. The second kappa shape index (κ2) is 6.40. The van der Waals surface area contributed by atoms with Crippen LogP contribution in [0.4, 0.5) is 5.69 Å². The number of carbonyl (C=O) groups is 1. The molecule has 20 heavy (non-hydrogen) atoms. The molecule has 0 amide bonds. The standard InChI is InChI=1S/C17H16ClNO/c1-19(2)16-10-6-14(7-11-16)17(20)12-5-13-3-8-15(18)9-4-13/h3-12H,1-2H3. The number of carbonyl (C=O) groups excluding carboxylic acids is 1. The smallest absolute Gasteiger partial charge is 0.185 e. The molecule has 0 saturated carbocycles. The highest BCUT2D eigenvalue weighted by Crippen LogP contribution is 2.14. The van der Waals surface area contributed by atoms with E-state index in [0.29, 0.717) is 10.6 Å². The number of halogens is 1. The summed E-state index contributed by atoms with van der Waals surface area (Å²) in [5, 5.41) is 0.688. The molecule has 2 rings (SSSR count). The minimum absolute atomic E-state index is 0.00902. The van der Waals surface area contributed by atoms with Crippen LogP contribution in [0, 0.1) is 0 Å². The Morgan fingerprint density at radius 1 is 1.00 bits per heavy atom. The summed E-state index contributed by atoms with van der Waals surface area (Å²) in [7, 11) is 3.94. The molecule has 0 saturated heterocycles. The van der Waals surface area contributed by atoms with E-state index >= 15 is 0 Å². The van der Waals surface area contributed by atoms with E-state index in [2.05, 4.69) is 0 Å². The Labute approximate surface area is 124 Å². The Hall–Kier alpha value is -2.06. The first-order chi connectivity index (χ1) is 9.56. The van der Waals surface area contributed by atoms with Gasteiger partial charge in [0.2, 0.25) is 0 Å². The molecule has 0 fully saturated rings. The highest BCUT2D eigenvalue weighted by molar-refractivity contribution is 6.30. The number of hydrogen-bond donors (Lipinski definition) is 0. The second-order valence-corrected chi connectivity index (χ2v) is 5.13.